The third kappa shape index (κ3) is 4.58. The van der Waals surface area contributed by atoms with Crippen LogP contribution in [0.25, 0.3) is 126 Å². The summed E-state index contributed by atoms with van der Waals surface area (Å²) in [5, 5.41) is 30.2. The molecule has 0 spiro atoms. The van der Waals surface area contributed by atoms with Gasteiger partial charge in [-0.1, -0.05) is 133 Å². The van der Waals surface area contributed by atoms with Crippen LogP contribution in [0.1, 0.15) is 11.1 Å². The Hall–Kier alpha value is -8.64. The summed E-state index contributed by atoms with van der Waals surface area (Å²) in [5.41, 5.74) is 14.7. The first-order chi connectivity index (χ1) is 30.2. The van der Waals surface area contributed by atoms with Gasteiger partial charge in [0.05, 0.1) is 39.8 Å². The van der Waals surface area contributed by atoms with Crippen molar-refractivity contribution in [3.63, 3.8) is 0 Å². The van der Waals surface area contributed by atoms with E-state index in [1.165, 1.54) is 0 Å². The van der Waals surface area contributed by atoms with E-state index in [1.54, 1.807) is 0 Å². The fraction of sp³-hybridized carbons (Fsp3) is 0. The highest BCUT2D eigenvalue weighted by Gasteiger charge is 2.28. The Bertz CT molecular complexity index is 3800. The van der Waals surface area contributed by atoms with Crippen LogP contribution < -0.4 is 0 Å². The van der Waals surface area contributed by atoms with Crippen molar-refractivity contribution < 1.29 is 8.83 Å². The molecule has 5 heteroatoms. The molecule has 0 amide bonds. The highest BCUT2D eigenvalue weighted by molar-refractivity contribution is 6.31. The summed E-state index contributed by atoms with van der Waals surface area (Å²) in [5.74, 6) is 0. The molecular weight excluding hydrogens is 747 g/mol. The SMILES string of the molecule is N#Cc1cc2c(cc1-c1cccc3c1oc1ccccc13)c1c(-c3ccccc3)cc(-c3ccccc3)c3c4cc(-c5cccc6c5oc5ccccc56)c(C#N)cc4n2c13. The van der Waals surface area contributed by atoms with Crippen LogP contribution in [0.4, 0.5) is 0 Å². The van der Waals surface area contributed by atoms with E-state index in [9.17, 15) is 10.5 Å². The van der Waals surface area contributed by atoms with E-state index in [0.717, 1.165) is 126 Å². The van der Waals surface area contributed by atoms with Crippen molar-refractivity contribution in [1.82, 2.24) is 4.40 Å². The highest BCUT2D eigenvalue weighted by atomic mass is 16.3. The molecule has 9 aromatic carbocycles. The molecule has 280 valence electrons. The Balaban J connectivity index is 1.21. The van der Waals surface area contributed by atoms with Gasteiger partial charge < -0.3 is 13.2 Å². The van der Waals surface area contributed by atoms with Gasteiger partial charge >= 0.3 is 0 Å². The minimum atomic E-state index is 0.535. The Kier molecular flexibility index (Phi) is 6.80. The van der Waals surface area contributed by atoms with E-state index in [1.807, 2.05) is 84.9 Å². The van der Waals surface area contributed by atoms with Crippen molar-refractivity contribution in [3.05, 3.63) is 187 Å². The topological polar surface area (TPSA) is 78.3 Å². The van der Waals surface area contributed by atoms with Crippen LogP contribution in [0.3, 0.4) is 0 Å². The monoisotopic (exact) mass is 775 g/mol. The lowest BCUT2D eigenvalue weighted by Gasteiger charge is -2.13. The molecule has 0 saturated carbocycles. The predicted octanol–water partition coefficient (Wildman–Crippen LogP) is 15.0. The summed E-state index contributed by atoms with van der Waals surface area (Å²) in [4.78, 5) is 0. The van der Waals surface area contributed by atoms with Crippen LogP contribution >= 0.6 is 0 Å². The molecule has 61 heavy (non-hydrogen) atoms. The summed E-state index contributed by atoms with van der Waals surface area (Å²) in [7, 11) is 0. The number of fused-ring (bicyclic) bond motifs is 12. The molecule has 0 aliphatic rings. The van der Waals surface area contributed by atoms with E-state index in [4.69, 9.17) is 8.83 Å². The predicted molar refractivity (Wildman–Crippen MR) is 247 cm³/mol. The minimum Gasteiger partial charge on any atom is -0.455 e. The lowest BCUT2D eigenvalue weighted by Crippen LogP contribution is -1.90. The number of hydrogen-bond acceptors (Lipinski definition) is 4. The van der Waals surface area contributed by atoms with E-state index in [0.29, 0.717) is 11.1 Å². The fourth-order valence-corrected chi connectivity index (χ4v) is 10.00. The van der Waals surface area contributed by atoms with Crippen LogP contribution in [-0.2, 0) is 0 Å². The van der Waals surface area contributed by atoms with E-state index < -0.39 is 0 Å². The van der Waals surface area contributed by atoms with E-state index >= 15 is 0 Å². The maximum Gasteiger partial charge on any atom is 0.143 e. The zero-order valence-corrected chi connectivity index (χ0v) is 32.4. The molecule has 0 aliphatic carbocycles. The number of hydrogen-bond donors (Lipinski definition) is 0. The molecule has 0 N–H and O–H groups in total. The Morgan fingerprint density at radius 2 is 0.787 bits per heavy atom. The molecule has 0 atom stereocenters. The molecule has 13 rings (SSSR count). The maximum atomic E-state index is 11.0. The van der Waals surface area contributed by atoms with Crippen LogP contribution in [0, 0.1) is 22.7 Å². The van der Waals surface area contributed by atoms with E-state index in [2.05, 4.69) is 108 Å². The third-order valence-electron chi connectivity index (χ3n) is 12.6. The molecule has 4 heterocycles. The largest absolute Gasteiger partial charge is 0.455 e. The molecule has 0 aliphatic heterocycles. The standard InChI is InChI=1S/C56H29N3O2/c57-30-34-25-48-46(27-42(34)40-21-11-19-38-36-17-7-9-23-50(36)60-55(38)40)52-44(32-13-3-1-4-14-32)29-45(33-15-5-2-6-16-33)53-47-28-43(35(31-58)26-49(47)59(48)54(52)53)41-22-12-20-39-37-18-8-10-24-51(37)61-56(39)41/h1-29H. The van der Waals surface area contributed by atoms with Crippen molar-refractivity contribution in [3.8, 4) is 56.6 Å². The molecule has 4 aromatic heterocycles. The first-order valence-corrected chi connectivity index (χ1v) is 20.3. The summed E-state index contributed by atoms with van der Waals surface area (Å²) >= 11 is 0. The van der Waals surface area contributed by atoms with Crippen LogP contribution in [0.5, 0.6) is 0 Å². The number of rotatable bonds is 4. The molecule has 0 bridgehead atoms. The first kappa shape index (κ1) is 33.3. The van der Waals surface area contributed by atoms with Gasteiger partial charge in [-0.2, -0.15) is 10.5 Å². The van der Waals surface area contributed by atoms with Crippen molar-refractivity contribution in [1.29, 1.82) is 10.5 Å². The van der Waals surface area contributed by atoms with Crippen molar-refractivity contribution in [2.45, 2.75) is 0 Å². The van der Waals surface area contributed by atoms with Crippen LogP contribution in [0.2, 0.25) is 0 Å². The van der Waals surface area contributed by atoms with Crippen LogP contribution in [-0.4, -0.2) is 4.40 Å². The van der Waals surface area contributed by atoms with Crippen LogP contribution in [0.15, 0.2) is 185 Å². The van der Waals surface area contributed by atoms with Gasteiger partial charge in [0, 0.05) is 65.3 Å². The maximum absolute atomic E-state index is 11.0. The molecule has 0 radical (unpaired) electrons. The molecular formula is C56H29N3O2. The van der Waals surface area contributed by atoms with Gasteiger partial charge in [0.2, 0.25) is 0 Å². The van der Waals surface area contributed by atoms with Gasteiger partial charge in [0.1, 0.15) is 22.3 Å². The average molecular weight is 776 g/mol. The summed E-state index contributed by atoms with van der Waals surface area (Å²) in [6.07, 6.45) is 0. The van der Waals surface area contributed by atoms with Gasteiger partial charge in [0.25, 0.3) is 0 Å². The van der Waals surface area contributed by atoms with Gasteiger partial charge in [-0.3, -0.25) is 0 Å². The second-order valence-corrected chi connectivity index (χ2v) is 15.8. The number of nitriles is 2. The number of furan rings is 2. The smallest absolute Gasteiger partial charge is 0.143 e. The molecule has 0 fully saturated rings. The summed E-state index contributed by atoms with van der Waals surface area (Å²) < 4.78 is 15.4. The Morgan fingerprint density at radius 1 is 0.361 bits per heavy atom. The Labute approximate surface area is 348 Å². The highest BCUT2D eigenvalue weighted by Crippen LogP contribution is 2.51. The average Bonchev–Trinajstić information content (AvgIpc) is 4.08. The number of para-hydroxylation sites is 4. The zero-order chi connectivity index (χ0) is 40.3. The van der Waals surface area contributed by atoms with E-state index in [-0.39, 0.29) is 0 Å². The fourth-order valence-electron chi connectivity index (χ4n) is 10.00. The lowest BCUT2D eigenvalue weighted by molar-refractivity contribution is 0.669. The van der Waals surface area contributed by atoms with Gasteiger partial charge in [0.15, 0.2) is 0 Å². The molecule has 13 aromatic rings. The minimum absolute atomic E-state index is 0.535. The normalized spacial score (nSPS) is 11.9. The first-order valence-electron chi connectivity index (χ1n) is 20.3. The molecule has 0 saturated heterocycles. The molecule has 5 nitrogen and oxygen atoms in total. The van der Waals surface area contributed by atoms with Gasteiger partial charge in [-0.15, -0.1) is 0 Å². The van der Waals surface area contributed by atoms with Gasteiger partial charge in [-0.05, 0) is 64.7 Å². The number of benzene rings is 9. The Morgan fingerprint density at radius 3 is 1.25 bits per heavy atom. The van der Waals surface area contributed by atoms with Crippen molar-refractivity contribution in [2.75, 3.05) is 0 Å². The van der Waals surface area contributed by atoms with Crippen molar-refractivity contribution in [2.24, 2.45) is 0 Å². The zero-order valence-electron chi connectivity index (χ0n) is 32.4. The summed E-state index contributed by atoms with van der Waals surface area (Å²) in [6, 6.07) is 65.4. The second-order valence-electron chi connectivity index (χ2n) is 15.8. The van der Waals surface area contributed by atoms with Crippen molar-refractivity contribution >= 4 is 82.0 Å². The number of aromatic nitrogens is 1. The second kappa shape index (κ2) is 12.4. The quantitative estimate of drug-likeness (QED) is 0.178. The van der Waals surface area contributed by atoms with Gasteiger partial charge in [-0.25, -0.2) is 0 Å². The molecule has 0 unspecified atom stereocenters. The lowest BCUT2D eigenvalue weighted by atomic mass is 9.89. The third-order valence-corrected chi connectivity index (χ3v) is 12.6. The number of nitrogens with zero attached hydrogens (tertiary/aromatic N) is 3. The summed E-state index contributed by atoms with van der Waals surface area (Å²) in [6.45, 7) is 0.